The number of Topliss-reactive ketones (excluding diaryl/α,β-unsaturated/α-hetero) is 2. The molecule has 2 aromatic rings. The molecule has 1 aromatic carbocycles. The van der Waals surface area contributed by atoms with Gasteiger partial charge in [0.15, 0.2) is 5.78 Å². The van der Waals surface area contributed by atoms with Crippen molar-refractivity contribution in [2.45, 2.75) is 39.5 Å². The van der Waals surface area contributed by atoms with Gasteiger partial charge in [0.1, 0.15) is 11.7 Å². The van der Waals surface area contributed by atoms with Crippen LogP contribution in [0.1, 0.15) is 47.2 Å². The zero-order valence-corrected chi connectivity index (χ0v) is 14.1. The molecule has 1 heterocycles. The molecular formula is C20H20N2O2. The first kappa shape index (κ1) is 16.2. The monoisotopic (exact) mass is 320 g/mol. The second kappa shape index (κ2) is 6.45. The summed E-state index contributed by atoms with van der Waals surface area (Å²) in [5.74, 6) is 5.06. The standard InChI is InChI=1S/C20H20N2O2/c1-4-5-14-8-12(2)18(13(3)9-14)19-17(23)11-15(20(19)24)10-16-6-7-21-22-16/h6-9,15,19H,10-11H2,1-3H3,(H,21,22). The summed E-state index contributed by atoms with van der Waals surface area (Å²) in [4.78, 5) is 25.4. The van der Waals surface area contributed by atoms with Crippen LogP contribution in [0.3, 0.4) is 0 Å². The fourth-order valence-corrected chi connectivity index (χ4v) is 3.64. The molecule has 0 saturated heterocycles. The van der Waals surface area contributed by atoms with Crippen molar-refractivity contribution in [3.05, 3.63) is 52.3 Å². The highest BCUT2D eigenvalue weighted by Crippen LogP contribution is 2.37. The highest BCUT2D eigenvalue weighted by Gasteiger charge is 2.43. The van der Waals surface area contributed by atoms with Crippen molar-refractivity contribution in [3.63, 3.8) is 0 Å². The maximum absolute atomic E-state index is 12.9. The smallest absolute Gasteiger partial charge is 0.151 e. The number of nitrogens with one attached hydrogen (secondary N) is 1. The Labute approximate surface area is 141 Å². The van der Waals surface area contributed by atoms with E-state index in [4.69, 9.17) is 0 Å². The Morgan fingerprint density at radius 1 is 1.25 bits per heavy atom. The Balaban J connectivity index is 1.93. The second-order valence-electron chi connectivity index (χ2n) is 6.39. The SMILES string of the molecule is CC#Cc1cc(C)c(C2C(=O)CC(Cc3ccn[nH]3)C2=O)c(C)c1. The van der Waals surface area contributed by atoms with Crippen LogP contribution in [0.15, 0.2) is 24.4 Å². The molecule has 4 nitrogen and oxygen atoms in total. The van der Waals surface area contributed by atoms with Gasteiger partial charge in [0.25, 0.3) is 0 Å². The summed E-state index contributed by atoms with van der Waals surface area (Å²) in [7, 11) is 0. The van der Waals surface area contributed by atoms with Crippen LogP contribution in [0.2, 0.25) is 0 Å². The fourth-order valence-electron chi connectivity index (χ4n) is 3.64. The Kier molecular flexibility index (Phi) is 4.35. The number of carbonyl (C=O) groups is 2. The van der Waals surface area contributed by atoms with E-state index in [0.717, 1.165) is 27.9 Å². The number of rotatable bonds is 3. The van der Waals surface area contributed by atoms with Gasteiger partial charge in [-0.2, -0.15) is 5.10 Å². The van der Waals surface area contributed by atoms with Gasteiger partial charge in [-0.3, -0.25) is 14.7 Å². The number of ketones is 2. The van der Waals surface area contributed by atoms with Crippen molar-refractivity contribution in [2.24, 2.45) is 5.92 Å². The predicted octanol–water partition coefficient (Wildman–Crippen LogP) is 2.88. The molecular weight excluding hydrogens is 300 g/mol. The van der Waals surface area contributed by atoms with E-state index >= 15 is 0 Å². The molecule has 1 aliphatic carbocycles. The van der Waals surface area contributed by atoms with Gasteiger partial charge >= 0.3 is 0 Å². The zero-order chi connectivity index (χ0) is 17.3. The number of hydrogen-bond donors (Lipinski definition) is 1. The van der Waals surface area contributed by atoms with Crippen molar-refractivity contribution in [1.82, 2.24) is 10.2 Å². The Bertz CT molecular complexity index is 830. The maximum atomic E-state index is 12.9. The van der Waals surface area contributed by atoms with E-state index in [2.05, 4.69) is 22.0 Å². The summed E-state index contributed by atoms with van der Waals surface area (Å²) in [5, 5.41) is 6.78. The number of carbonyl (C=O) groups excluding carboxylic acids is 2. The van der Waals surface area contributed by atoms with E-state index in [1.54, 1.807) is 13.1 Å². The zero-order valence-electron chi connectivity index (χ0n) is 14.1. The molecule has 0 amide bonds. The molecule has 1 fully saturated rings. The van der Waals surface area contributed by atoms with Crippen LogP contribution in [0.25, 0.3) is 0 Å². The van der Waals surface area contributed by atoms with Crippen LogP contribution in [0.5, 0.6) is 0 Å². The largest absolute Gasteiger partial charge is 0.298 e. The molecule has 2 unspecified atom stereocenters. The van der Waals surface area contributed by atoms with Crippen molar-refractivity contribution < 1.29 is 9.59 Å². The summed E-state index contributed by atoms with van der Waals surface area (Å²) in [6.45, 7) is 5.70. The van der Waals surface area contributed by atoms with E-state index < -0.39 is 5.92 Å². The van der Waals surface area contributed by atoms with E-state index in [1.807, 2.05) is 32.0 Å². The lowest BCUT2D eigenvalue weighted by Crippen LogP contribution is -2.19. The quantitative estimate of drug-likeness (QED) is 0.699. The summed E-state index contributed by atoms with van der Waals surface area (Å²) >= 11 is 0. The van der Waals surface area contributed by atoms with Crippen LogP contribution in [-0.2, 0) is 16.0 Å². The van der Waals surface area contributed by atoms with Gasteiger partial charge in [0, 0.05) is 29.8 Å². The first-order chi connectivity index (χ1) is 11.5. The summed E-state index contributed by atoms with van der Waals surface area (Å²) in [6.07, 6.45) is 2.51. The molecule has 0 bridgehead atoms. The molecule has 1 aromatic heterocycles. The number of nitrogens with zero attached hydrogens (tertiary/aromatic N) is 1. The van der Waals surface area contributed by atoms with Gasteiger partial charge in [0.2, 0.25) is 0 Å². The Hall–Kier alpha value is -2.67. The van der Waals surface area contributed by atoms with Gasteiger partial charge in [-0.15, -0.1) is 5.92 Å². The first-order valence-electron chi connectivity index (χ1n) is 8.10. The molecule has 4 heteroatoms. The van der Waals surface area contributed by atoms with Gasteiger partial charge < -0.3 is 0 Å². The predicted molar refractivity (Wildman–Crippen MR) is 91.6 cm³/mol. The molecule has 1 N–H and O–H groups in total. The molecule has 0 radical (unpaired) electrons. The van der Waals surface area contributed by atoms with E-state index in [1.165, 1.54) is 0 Å². The number of aromatic amines is 1. The van der Waals surface area contributed by atoms with Crippen molar-refractivity contribution in [3.8, 4) is 11.8 Å². The molecule has 2 atom stereocenters. The average Bonchev–Trinajstić information content (AvgIpc) is 3.11. The molecule has 1 aliphatic rings. The summed E-state index contributed by atoms with van der Waals surface area (Å²) in [6, 6.07) is 5.77. The third-order valence-corrected chi connectivity index (χ3v) is 4.63. The molecule has 24 heavy (non-hydrogen) atoms. The number of H-pyrrole nitrogens is 1. The Morgan fingerprint density at radius 3 is 2.54 bits per heavy atom. The minimum absolute atomic E-state index is 0.0186. The van der Waals surface area contributed by atoms with Gasteiger partial charge in [-0.25, -0.2) is 0 Å². The fraction of sp³-hybridized carbons (Fsp3) is 0.350. The summed E-state index contributed by atoms with van der Waals surface area (Å²) < 4.78 is 0. The highest BCUT2D eigenvalue weighted by molar-refractivity contribution is 6.15. The van der Waals surface area contributed by atoms with Crippen molar-refractivity contribution >= 4 is 11.6 Å². The topological polar surface area (TPSA) is 62.8 Å². The lowest BCUT2D eigenvalue weighted by atomic mass is 9.86. The van der Waals surface area contributed by atoms with Crippen LogP contribution in [0, 0.1) is 31.6 Å². The highest BCUT2D eigenvalue weighted by atomic mass is 16.2. The van der Waals surface area contributed by atoms with E-state index in [9.17, 15) is 9.59 Å². The van der Waals surface area contributed by atoms with Gasteiger partial charge in [-0.1, -0.05) is 5.92 Å². The van der Waals surface area contributed by atoms with Gasteiger partial charge in [-0.05, 0) is 62.1 Å². The third kappa shape index (κ3) is 2.90. The number of benzene rings is 1. The van der Waals surface area contributed by atoms with Crippen LogP contribution in [-0.4, -0.2) is 21.8 Å². The minimum atomic E-state index is -0.637. The minimum Gasteiger partial charge on any atom is -0.298 e. The van der Waals surface area contributed by atoms with Gasteiger partial charge in [0.05, 0.1) is 0 Å². The first-order valence-corrected chi connectivity index (χ1v) is 8.10. The lowest BCUT2D eigenvalue weighted by molar-refractivity contribution is -0.124. The molecule has 0 spiro atoms. The molecule has 122 valence electrons. The van der Waals surface area contributed by atoms with Crippen LogP contribution in [0.4, 0.5) is 0 Å². The molecule has 1 saturated carbocycles. The summed E-state index contributed by atoms with van der Waals surface area (Å²) in [5.41, 5.74) is 4.59. The number of aromatic nitrogens is 2. The van der Waals surface area contributed by atoms with E-state index in [0.29, 0.717) is 12.8 Å². The second-order valence-corrected chi connectivity index (χ2v) is 6.39. The third-order valence-electron chi connectivity index (χ3n) is 4.63. The average molecular weight is 320 g/mol. The number of aryl methyl sites for hydroxylation is 2. The Morgan fingerprint density at radius 2 is 1.96 bits per heavy atom. The van der Waals surface area contributed by atoms with Crippen molar-refractivity contribution in [1.29, 1.82) is 0 Å². The molecule has 0 aliphatic heterocycles. The van der Waals surface area contributed by atoms with Crippen LogP contribution >= 0.6 is 0 Å². The maximum Gasteiger partial charge on any atom is 0.151 e. The lowest BCUT2D eigenvalue weighted by Gasteiger charge is -2.16. The van der Waals surface area contributed by atoms with Crippen molar-refractivity contribution in [2.75, 3.05) is 0 Å². The number of hydrogen-bond acceptors (Lipinski definition) is 3. The van der Waals surface area contributed by atoms with Crippen LogP contribution < -0.4 is 0 Å². The molecule has 3 rings (SSSR count). The normalized spacial score (nSPS) is 20.1. The van der Waals surface area contributed by atoms with E-state index in [-0.39, 0.29) is 17.5 Å².